The zero-order valence-corrected chi connectivity index (χ0v) is 16.9. The Morgan fingerprint density at radius 1 is 0.967 bits per heavy atom. The number of carbonyl (C=O) groups excluding carboxylic acids is 2. The first kappa shape index (κ1) is 19.7. The molecular weight excluding hydrogens is 378 g/mol. The van der Waals surface area contributed by atoms with Crippen LogP contribution in [-0.4, -0.2) is 29.4 Å². The van der Waals surface area contributed by atoms with Crippen LogP contribution >= 0.6 is 0 Å². The van der Waals surface area contributed by atoms with Crippen LogP contribution in [-0.2, 0) is 16.0 Å². The standard InChI is InChI=1S/C25H23NO4/c1-25(17-18-13-15-21(29-2)16-14-18)24(28)30-23(20-11-7-4-8-12-20)26(25)22(27)19-9-5-3-6-10-19/h3-16,23H,17H2,1-2H3. The fourth-order valence-corrected chi connectivity index (χ4v) is 3.82. The van der Waals surface area contributed by atoms with Crippen molar-refractivity contribution in [2.75, 3.05) is 7.11 Å². The third-order valence-electron chi connectivity index (χ3n) is 5.46. The fraction of sp³-hybridized carbons (Fsp3) is 0.200. The van der Waals surface area contributed by atoms with Crippen molar-refractivity contribution in [2.24, 2.45) is 0 Å². The summed E-state index contributed by atoms with van der Waals surface area (Å²) in [6.07, 6.45) is -0.452. The van der Waals surface area contributed by atoms with E-state index in [0.29, 0.717) is 12.0 Å². The molecule has 0 spiro atoms. The highest BCUT2D eigenvalue weighted by Gasteiger charge is 2.55. The van der Waals surface area contributed by atoms with Crippen LogP contribution in [0.5, 0.6) is 5.75 Å². The number of hydrogen-bond donors (Lipinski definition) is 0. The summed E-state index contributed by atoms with van der Waals surface area (Å²) in [6, 6.07) is 25.8. The maximum atomic E-state index is 13.6. The molecule has 2 unspecified atom stereocenters. The van der Waals surface area contributed by atoms with Gasteiger partial charge in [-0.25, -0.2) is 4.79 Å². The molecule has 152 valence electrons. The number of hydrogen-bond acceptors (Lipinski definition) is 4. The third-order valence-corrected chi connectivity index (χ3v) is 5.46. The molecule has 4 rings (SSSR count). The Labute approximate surface area is 175 Å². The number of carbonyl (C=O) groups is 2. The molecule has 1 amide bonds. The van der Waals surface area contributed by atoms with E-state index in [2.05, 4.69) is 0 Å². The predicted octanol–water partition coefficient (Wildman–Crippen LogP) is 4.39. The van der Waals surface area contributed by atoms with Crippen molar-refractivity contribution in [2.45, 2.75) is 25.1 Å². The summed E-state index contributed by atoms with van der Waals surface area (Å²) < 4.78 is 11.0. The molecule has 0 aromatic heterocycles. The summed E-state index contributed by atoms with van der Waals surface area (Å²) in [5, 5.41) is 0. The minimum absolute atomic E-state index is 0.244. The Hall–Kier alpha value is -3.60. The topological polar surface area (TPSA) is 55.8 Å². The molecule has 3 aromatic carbocycles. The quantitative estimate of drug-likeness (QED) is 0.595. The molecular formula is C25H23NO4. The van der Waals surface area contributed by atoms with Gasteiger partial charge in [0.2, 0.25) is 6.23 Å². The number of nitrogens with zero attached hydrogens (tertiary/aromatic N) is 1. The number of methoxy groups -OCH3 is 1. The van der Waals surface area contributed by atoms with E-state index >= 15 is 0 Å². The molecule has 1 aliphatic rings. The molecule has 0 aliphatic carbocycles. The minimum atomic E-state index is -1.15. The molecule has 3 aromatic rings. The van der Waals surface area contributed by atoms with E-state index in [4.69, 9.17) is 9.47 Å². The van der Waals surface area contributed by atoms with Gasteiger partial charge in [-0.1, -0.05) is 60.7 Å². The lowest BCUT2D eigenvalue weighted by Crippen LogP contribution is -2.51. The van der Waals surface area contributed by atoms with E-state index in [1.54, 1.807) is 31.1 Å². The summed E-state index contributed by atoms with van der Waals surface area (Å²) in [6.45, 7) is 1.77. The smallest absolute Gasteiger partial charge is 0.334 e. The Morgan fingerprint density at radius 3 is 2.17 bits per heavy atom. The van der Waals surface area contributed by atoms with Gasteiger partial charge < -0.3 is 9.47 Å². The number of benzene rings is 3. The number of ether oxygens (including phenoxy) is 2. The SMILES string of the molecule is COc1ccc(CC2(C)C(=O)OC(c3ccccc3)N2C(=O)c2ccccc2)cc1. The van der Waals surface area contributed by atoms with E-state index in [1.165, 1.54) is 0 Å². The van der Waals surface area contributed by atoms with Gasteiger partial charge in [-0.05, 0) is 36.8 Å². The number of rotatable bonds is 5. The predicted molar refractivity (Wildman–Crippen MR) is 113 cm³/mol. The van der Waals surface area contributed by atoms with Crippen molar-refractivity contribution in [3.63, 3.8) is 0 Å². The molecule has 0 radical (unpaired) electrons. The first-order valence-electron chi connectivity index (χ1n) is 9.80. The number of amides is 1. The Balaban J connectivity index is 1.76. The Kier molecular flexibility index (Phi) is 5.27. The van der Waals surface area contributed by atoms with Crippen molar-refractivity contribution < 1.29 is 19.1 Å². The summed E-state index contributed by atoms with van der Waals surface area (Å²) in [5.41, 5.74) is 1.03. The number of esters is 1. The molecule has 0 bridgehead atoms. The Bertz CT molecular complexity index is 1030. The van der Waals surface area contributed by atoms with E-state index in [0.717, 1.165) is 16.9 Å². The zero-order chi connectivity index (χ0) is 21.1. The van der Waals surface area contributed by atoms with Crippen LogP contribution in [0.1, 0.15) is 34.6 Å². The second kappa shape index (κ2) is 8.03. The van der Waals surface area contributed by atoms with Crippen LogP contribution in [0.2, 0.25) is 0 Å². The van der Waals surface area contributed by atoms with Gasteiger partial charge in [-0.15, -0.1) is 0 Å². The molecule has 30 heavy (non-hydrogen) atoms. The van der Waals surface area contributed by atoms with Crippen molar-refractivity contribution in [1.29, 1.82) is 0 Å². The lowest BCUT2D eigenvalue weighted by Gasteiger charge is -2.34. The Morgan fingerprint density at radius 2 is 1.57 bits per heavy atom. The molecule has 1 heterocycles. The van der Waals surface area contributed by atoms with Crippen molar-refractivity contribution in [1.82, 2.24) is 4.90 Å². The molecule has 5 nitrogen and oxygen atoms in total. The van der Waals surface area contributed by atoms with E-state index < -0.39 is 17.7 Å². The maximum absolute atomic E-state index is 13.6. The molecule has 2 atom stereocenters. The normalized spacial score (nSPS) is 20.7. The summed E-state index contributed by atoms with van der Waals surface area (Å²) in [4.78, 5) is 28.2. The van der Waals surface area contributed by atoms with Gasteiger partial charge >= 0.3 is 5.97 Å². The molecule has 1 aliphatic heterocycles. The second-order valence-corrected chi connectivity index (χ2v) is 7.51. The second-order valence-electron chi connectivity index (χ2n) is 7.51. The monoisotopic (exact) mass is 401 g/mol. The molecule has 1 saturated heterocycles. The van der Waals surface area contributed by atoms with Gasteiger partial charge in [0.25, 0.3) is 5.91 Å². The molecule has 1 fully saturated rings. The highest BCUT2D eigenvalue weighted by molar-refractivity contribution is 6.00. The highest BCUT2D eigenvalue weighted by atomic mass is 16.6. The van der Waals surface area contributed by atoms with Crippen LogP contribution in [0.4, 0.5) is 0 Å². The van der Waals surface area contributed by atoms with Crippen LogP contribution in [0.25, 0.3) is 0 Å². The average Bonchev–Trinajstić information content (AvgIpc) is 3.05. The minimum Gasteiger partial charge on any atom is -0.497 e. The summed E-state index contributed by atoms with van der Waals surface area (Å²) in [5.74, 6) is 0.0695. The first-order valence-corrected chi connectivity index (χ1v) is 9.80. The van der Waals surface area contributed by atoms with E-state index in [-0.39, 0.29) is 5.91 Å². The van der Waals surface area contributed by atoms with Crippen molar-refractivity contribution in [3.8, 4) is 5.75 Å². The van der Waals surface area contributed by atoms with Gasteiger partial charge in [0.1, 0.15) is 11.3 Å². The van der Waals surface area contributed by atoms with Gasteiger partial charge in [0, 0.05) is 17.5 Å². The summed E-state index contributed by atoms with van der Waals surface area (Å²) >= 11 is 0. The van der Waals surface area contributed by atoms with E-state index in [1.807, 2.05) is 72.8 Å². The average molecular weight is 401 g/mol. The highest BCUT2D eigenvalue weighted by Crippen LogP contribution is 2.41. The van der Waals surface area contributed by atoms with Crippen LogP contribution < -0.4 is 4.74 Å². The molecule has 5 heteroatoms. The maximum Gasteiger partial charge on any atom is 0.334 e. The zero-order valence-electron chi connectivity index (χ0n) is 16.9. The lowest BCUT2D eigenvalue weighted by atomic mass is 9.90. The number of cyclic esters (lactones) is 1. The van der Waals surface area contributed by atoms with Gasteiger partial charge in [0.05, 0.1) is 7.11 Å². The van der Waals surface area contributed by atoms with Gasteiger partial charge in [0.15, 0.2) is 0 Å². The largest absolute Gasteiger partial charge is 0.497 e. The van der Waals surface area contributed by atoms with E-state index in [9.17, 15) is 9.59 Å². The van der Waals surface area contributed by atoms with Crippen LogP contribution in [0.3, 0.4) is 0 Å². The van der Waals surface area contributed by atoms with Gasteiger partial charge in [-0.2, -0.15) is 0 Å². The van der Waals surface area contributed by atoms with Crippen molar-refractivity contribution >= 4 is 11.9 Å². The summed E-state index contributed by atoms with van der Waals surface area (Å²) in [7, 11) is 1.61. The lowest BCUT2D eigenvalue weighted by molar-refractivity contribution is -0.145. The fourth-order valence-electron chi connectivity index (χ4n) is 3.82. The third kappa shape index (κ3) is 3.54. The van der Waals surface area contributed by atoms with Crippen molar-refractivity contribution in [3.05, 3.63) is 102 Å². The van der Waals surface area contributed by atoms with Crippen LogP contribution in [0, 0.1) is 0 Å². The first-order chi connectivity index (χ1) is 14.5. The van der Waals surface area contributed by atoms with Crippen LogP contribution in [0.15, 0.2) is 84.9 Å². The molecule has 0 N–H and O–H groups in total. The van der Waals surface area contributed by atoms with Gasteiger partial charge in [-0.3, -0.25) is 9.69 Å². The molecule has 0 saturated carbocycles.